The van der Waals surface area contributed by atoms with Crippen LogP contribution in [0.15, 0.2) is 29.2 Å². The molecule has 0 atom stereocenters. The molecule has 0 saturated carbocycles. The predicted molar refractivity (Wildman–Crippen MR) is 97.9 cm³/mol. The number of nitrogens with zero attached hydrogens (tertiary/aromatic N) is 1. The van der Waals surface area contributed by atoms with Gasteiger partial charge >= 0.3 is 0 Å². The summed E-state index contributed by atoms with van der Waals surface area (Å²) in [6, 6.07) is 6.63. The molecule has 0 aromatic heterocycles. The summed E-state index contributed by atoms with van der Waals surface area (Å²) in [5.74, 6) is 0. The molecule has 0 radical (unpaired) electrons. The third-order valence-corrected chi connectivity index (χ3v) is 5.89. The van der Waals surface area contributed by atoms with E-state index < -0.39 is 10.0 Å². The van der Waals surface area contributed by atoms with Gasteiger partial charge in [-0.25, -0.2) is 12.7 Å². The average molecular weight is 374 g/mol. The summed E-state index contributed by atoms with van der Waals surface area (Å²) in [5, 5.41) is 6.68. The summed E-state index contributed by atoms with van der Waals surface area (Å²) in [6.45, 7) is 5.39. The molecule has 3 N–H and O–H groups in total. The number of morpholine rings is 1. The number of thiocarbonyl (C=S) groups is 1. The second-order valence-electron chi connectivity index (χ2n) is 5.81. The maximum absolute atomic E-state index is 12.2. The Morgan fingerprint density at radius 1 is 1.33 bits per heavy atom. The zero-order valence-corrected chi connectivity index (χ0v) is 15.7. The minimum absolute atomic E-state index is 0.234. The predicted octanol–water partition coefficient (Wildman–Crippen LogP) is -0.862. The molecule has 7 nitrogen and oxygen atoms in total. The van der Waals surface area contributed by atoms with Crippen LogP contribution in [0.25, 0.3) is 0 Å². The topological polar surface area (TPSA) is 75.1 Å². The van der Waals surface area contributed by atoms with Crippen LogP contribution in [-0.4, -0.2) is 71.3 Å². The molecule has 1 fully saturated rings. The van der Waals surface area contributed by atoms with Crippen molar-refractivity contribution in [2.75, 3.05) is 58.8 Å². The van der Waals surface area contributed by atoms with Crippen molar-refractivity contribution in [2.45, 2.75) is 4.90 Å². The van der Waals surface area contributed by atoms with Gasteiger partial charge in [-0.15, -0.1) is 0 Å². The van der Waals surface area contributed by atoms with Gasteiger partial charge in [-0.3, -0.25) is 0 Å². The fraction of sp³-hybridized carbons (Fsp3) is 0.533. The minimum atomic E-state index is -3.45. The summed E-state index contributed by atoms with van der Waals surface area (Å²) in [6.07, 6.45) is 0. The number of rotatable bonds is 6. The molecule has 24 heavy (non-hydrogen) atoms. The Morgan fingerprint density at radius 2 is 2.04 bits per heavy atom. The highest BCUT2D eigenvalue weighted by Gasteiger charge is 2.17. The lowest BCUT2D eigenvalue weighted by atomic mass is 10.3. The van der Waals surface area contributed by atoms with E-state index in [0.717, 1.165) is 39.4 Å². The molecule has 1 aliphatic heterocycles. The lowest BCUT2D eigenvalue weighted by Gasteiger charge is -2.24. The van der Waals surface area contributed by atoms with Crippen LogP contribution in [0.2, 0.25) is 0 Å². The van der Waals surface area contributed by atoms with Crippen LogP contribution in [0, 0.1) is 0 Å². The molecule has 1 saturated heterocycles. The number of benzene rings is 1. The molecule has 1 heterocycles. The minimum Gasteiger partial charge on any atom is -0.370 e. The number of ether oxygens (including phenoxy) is 1. The molecule has 1 aromatic rings. The molecule has 1 aromatic carbocycles. The van der Waals surface area contributed by atoms with Crippen LogP contribution < -0.4 is 15.5 Å². The maximum atomic E-state index is 12.2. The Bertz CT molecular complexity index is 658. The highest BCUT2D eigenvalue weighted by molar-refractivity contribution is 7.89. The van der Waals surface area contributed by atoms with Gasteiger partial charge in [0, 0.05) is 19.8 Å². The lowest BCUT2D eigenvalue weighted by molar-refractivity contribution is -0.906. The van der Waals surface area contributed by atoms with Crippen molar-refractivity contribution in [1.29, 1.82) is 0 Å². The normalized spacial score (nSPS) is 16.1. The van der Waals surface area contributed by atoms with Crippen molar-refractivity contribution in [2.24, 2.45) is 0 Å². The van der Waals surface area contributed by atoms with Crippen LogP contribution in [0.4, 0.5) is 5.69 Å². The summed E-state index contributed by atoms with van der Waals surface area (Å²) >= 11 is 5.28. The van der Waals surface area contributed by atoms with Gasteiger partial charge in [0.1, 0.15) is 13.1 Å². The quantitative estimate of drug-likeness (QED) is 0.564. The third kappa shape index (κ3) is 5.38. The monoisotopic (exact) mass is 373 g/mol. The van der Waals surface area contributed by atoms with Crippen molar-refractivity contribution < 1.29 is 18.1 Å². The summed E-state index contributed by atoms with van der Waals surface area (Å²) in [4.78, 5) is 1.73. The smallest absolute Gasteiger partial charge is 0.242 e. The van der Waals surface area contributed by atoms with Crippen LogP contribution >= 0.6 is 12.2 Å². The first-order chi connectivity index (χ1) is 11.4. The number of quaternary nitrogens is 1. The van der Waals surface area contributed by atoms with E-state index in [1.807, 2.05) is 0 Å². The number of sulfonamides is 1. The van der Waals surface area contributed by atoms with Gasteiger partial charge in [0.15, 0.2) is 5.11 Å². The van der Waals surface area contributed by atoms with Crippen molar-refractivity contribution in [3.63, 3.8) is 0 Å². The Morgan fingerprint density at radius 3 is 2.71 bits per heavy atom. The highest BCUT2D eigenvalue weighted by Crippen LogP contribution is 2.17. The van der Waals surface area contributed by atoms with Gasteiger partial charge in [-0.1, -0.05) is 6.07 Å². The zero-order valence-electron chi connectivity index (χ0n) is 14.0. The van der Waals surface area contributed by atoms with Gasteiger partial charge in [0.05, 0.1) is 31.2 Å². The van der Waals surface area contributed by atoms with Gasteiger partial charge in [-0.2, -0.15) is 0 Å². The maximum Gasteiger partial charge on any atom is 0.242 e. The van der Waals surface area contributed by atoms with Crippen LogP contribution in [0.5, 0.6) is 0 Å². The first-order valence-electron chi connectivity index (χ1n) is 7.88. The number of hydrogen-bond acceptors (Lipinski definition) is 4. The van der Waals surface area contributed by atoms with E-state index >= 15 is 0 Å². The summed E-state index contributed by atoms with van der Waals surface area (Å²) < 4.78 is 30.8. The van der Waals surface area contributed by atoms with Crippen LogP contribution in [-0.2, 0) is 14.8 Å². The Kier molecular flexibility index (Phi) is 6.93. The fourth-order valence-corrected chi connectivity index (χ4v) is 3.55. The molecular formula is C15H25N4O3S2+. The third-order valence-electron chi connectivity index (χ3n) is 3.83. The van der Waals surface area contributed by atoms with Crippen molar-refractivity contribution >= 4 is 33.0 Å². The van der Waals surface area contributed by atoms with E-state index in [-0.39, 0.29) is 4.90 Å². The standard InChI is InChI=1S/C15H24N4O3S2/c1-18(2)24(20,21)14-5-3-4-13(12-14)17-15(23)16-6-7-19-8-10-22-11-9-19/h3-5,12H,6-11H2,1-2H3,(H2,16,17,23)/p+1. The second-order valence-corrected chi connectivity index (χ2v) is 8.37. The van der Waals surface area contributed by atoms with Crippen LogP contribution in [0.3, 0.4) is 0 Å². The van der Waals surface area contributed by atoms with E-state index in [0.29, 0.717) is 10.8 Å². The summed E-state index contributed by atoms with van der Waals surface area (Å²) in [5.41, 5.74) is 0.647. The molecule has 134 valence electrons. The Hall–Kier alpha value is -1.26. The Balaban J connectivity index is 1.85. The van der Waals surface area contributed by atoms with E-state index in [9.17, 15) is 8.42 Å². The van der Waals surface area contributed by atoms with Crippen molar-refractivity contribution in [3.8, 4) is 0 Å². The van der Waals surface area contributed by atoms with Crippen molar-refractivity contribution in [3.05, 3.63) is 24.3 Å². The lowest BCUT2D eigenvalue weighted by Crippen LogP contribution is -3.14. The van der Waals surface area contributed by atoms with Gasteiger partial charge < -0.3 is 20.3 Å². The molecule has 0 aliphatic carbocycles. The molecule has 9 heteroatoms. The highest BCUT2D eigenvalue weighted by atomic mass is 32.2. The van der Waals surface area contributed by atoms with E-state index in [1.165, 1.54) is 23.3 Å². The summed E-state index contributed by atoms with van der Waals surface area (Å²) in [7, 11) is -0.433. The number of hydrogen-bond donors (Lipinski definition) is 3. The van der Waals surface area contributed by atoms with Gasteiger partial charge in [-0.05, 0) is 30.4 Å². The fourth-order valence-electron chi connectivity index (χ4n) is 2.38. The van der Waals surface area contributed by atoms with Gasteiger partial charge in [0.2, 0.25) is 10.0 Å². The molecule has 1 aliphatic rings. The number of nitrogens with one attached hydrogen (secondary N) is 3. The first-order valence-corrected chi connectivity index (χ1v) is 9.73. The largest absolute Gasteiger partial charge is 0.370 e. The van der Waals surface area contributed by atoms with E-state index in [4.69, 9.17) is 17.0 Å². The van der Waals surface area contributed by atoms with Gasteiger partial charge in [0.25, 0.3) is 0 Å². The van der Waals surface area contributed by atoms with E-state index in [1.54, 1.807) is 24.3 Å². The van der Waals surface area contributed by atoms with E-state index in [2.05, 4.69) is 10.6 Å². The molecule has 0 unspecified atom stereocenters. The molecule has 0 amide bonds. The zero-order chi connectivity index (χ0) is 17.6. The number of anilines is 1. The van der Waals surface area contributed by atoms with Crippen molar-refractivity contribution in [1.82, 2.24) is 9.62 Å². The second kappa shape index (κ2) is 8.72. The van der Waals surface area contributed by atoms with Crippen LogP contribution in [0.1, 0.15) is 0 Å². The molecule has 0 bridgehead atoms. The molecule has 0 spiro atoms. The average Bonchev–Trinajstić information content (AvgIpc) is 2.56. The SMILES string of the molecule is CN(C)S(=O)(=O)c1cccc(NC(=S)NCC[NH+]2CCOCC2)c1. The molecular weight excluding hydrogens is 348 g/mol. The molecule has 2 rings (SSSR count). The Labute approximate surface area is 149 Å². The first kappa shape index (κ1) is 19.1.